The zero-order chi connectivity index (χ0) is 19.3. The Morgan fingerprint density at radius 1 is 0.821 bits per heavy atom. The number of nitrogens with zero attached hydrogens (tertiary/aromatic N) is 1. The molecule has 3 aromatic carbocycles. The Kier molecular flexibility index (Phi) is 5.57. The largest absolute Gasteiger partial charge is 0.380 e. The number of benzene rings is 3. The lowest BCUT2D eigenvalue weighted by atomic mass is 9.90. The first-order chi connectivity index (χ1) is 13.8. The van der Waals surface area contributed by atoms with E-state index in [-0.39, 0.29) is 0 Å². The van der Waals surface area contributed by atoms with Crippen LogP contribution in [0.25, 0.3) is 0 Å². The molecule has 0 spiro atoms. The van der Waals surface area contributed by atoms with E-state index in [4.69, 9.17) is 4.99 Å². The predicted octanol–water partition coefficient (Wildman–Crippen LogP) is 6.94. The Labute approximate surface area is 168 Å². The minimum absolute atomic E-state index is 0.512. The van der Waals surface area contributed by atoms with Crippen molar-refractivity contribution in [3.8, 4) is 0 Å². The first kappa shape index (κ1) is 18.5. The summed E-state index contributed by atoms with van der Waals surface area (Å²) in [7, 11) is 0. The second-order valence-electron chi connectivity index (χ2n) is 7.49. The molecule has 0 aromatic heterocycles. The smallest absolute Gasteiger partial charge is 0.0871 e. The van der Waals surface area contributed by atoms with Crippen molar-refractivity contribution in [3.05, 3.63) is 95.6 Å². The molecule has 1 N–H and O–H groups in total. The van der Waals surface area contributed by atoms with Gasteiger partial charge >= 0.3 is 0 Å². The van der Waals surface area contributed by atoms with Gasteiger partial charge < -0.3 is 5.32 Å². The van der Waals surface area contributed by atoms with Gasteiger partial charge in [-0.05, 0) is 24.5 Å². The molecule has 0 saturated carbocycles. The molecule has 0 fully saturated rings. The third kappa shape index (κ3) is 3.60. The monoisotopic (exact) mass is 368 g/mol. The minimum atomic E-state index is 0.512. The van der Waals surface area contributed by atoms with Crippen molar-refractivity contribution in [1.82, 2.24) is 0 Å². The van der Waals surface area contributed by atoms with Crippen molar-refractivity contribution in [3.63, 3.8) is 0 Å². The van der Waals surface area contributed by atoms with Crippen LogP contribution in [-0.4, -0.2) is 11.8 Å². The van der Waals surface area contributed by atoms with Crippen molar-refractivity contribution in [2.75, 3.05) is 5.32 Å². The number of nitrogens with one attached hydrogen (secondary N) is 1. The fourth-order valence-corrected chi connectivity index (χ4v) is 4.32. The van der Waals surface area contributed by atoms with Gasteiger partial charge in [0.25, 0.3) is 0 Å². The Hall–Kier alpha value is -2.87. The molecule has 2 atom stereocenters. The quantitative estimate of drug-likeness (QED) is 0.468. The third-order valence-corrected chi connectivity index (χ3v) is 5.66. The molecule has 0 amide bonds. The molecule has 142 valence electrons. The third-order valence-electron chi connectivity index (χ3n) is 5.66. The van der Waals surface area contributed by atoms with E-state index in [1.807, 2.05) is 0 Å². The number of anilines is 1. The highest BCUT2D eigenvalue weighted by Crippen LogP contribution is 2.44. The van der Waals surface area contributed by atoms with Crippen LogP contribution in [0.15, 0.2) is 83.9 Å². The second kappa shape index (κ2) is 8.43. The van der Waals surface area contributed by atoms with Crippen LogP contribution >= 0.6 is 0 Å². The van der Waals surface area contributed by atoms with Crippen molar-refractivity contribution in [2.45, 2.75) is 45.1 Å². The number of fused-ring (bicyclic) bond motifs is 1. The zero-order valence-electron chi connectivity index (χ0n) is 16.7. The van der Waals surface area contributed by atoms with Crippen LogP contribution in [0, 0.1) is 0 Å². The molecule has 0 unspecified atom stereocenters. The Morgan fingerprint density at radius 3 is 2.04 bits per heavy atom. The first-order valence-corrected chi connectivity index (χ1v) is 10.4. The van der Waals surface area contributed by atoms with Crippen LogP contribution in [0.3, 0.4) is 0 Å². The van der Waals surface area contributed by atoms with Crippen LogP contribution in [0.1, 0.15) is 55.7 Å². The van der Waals surface area contributed by atoms with Gasteiger partial charge in [0.05, 0.1) is 17.1 Å². The molecule has 1 aliphatic rings. The van der Waals surface area contributed by atoms with Gasteiger partial charge in [0.2, 0.25) is 0 Å². The highest BCUT2D eigenvalue weighted by molar-refractivity contribution is 6.14. The summed E-state index contributed by atoms with van der Waals surface area (Å²) >= 11 is 0. The molecule has 4 rings (SSSR count). The first-order valence-electron chi connectivity index (χ1n) is 10.4. The van der Waals surface area contributed by atoms with Crippen LogP contribution in [0.5, 0.6) is 0 Å². The van der Waals surface area contributed by atoms with Gasteiger partial charge in [-0.15, -0.1) is 0 Å². The molecular weight excluding hydrogens is 340 g/mol. The standard InChI is InChI=1S/C26H28N2/c1-3-12-23-21(4-2)22-17-11-18-24(26(22)27-23)28-25(19-13-7-5-8-14-19)20-15-9-6-10-16-20/h5-11,13-18,21,23,27H,3-4,12H2,1-2H3/t21-,23-/m0/s1. The summed E-state index contributed by atoms with van der Waals surface area (Å²) in [4.78, 5) is 5.19. The molecule has 28 heavy (non-hydrogen) atoms. The summed E-state index contributed by atoms with van der Waals surface area (Å²) < 4.78 is 0. The van der Waals surface area contributed by atoms with Crippen molar-refractivity contribution in [1.29, 1.82) is 0 Å². The molecule has 2 heteroatoms. The Balaban J connectivity index is 1.82. The summed E-state index contributed by atoms with van der Waals surface area (Å²) in [6, 6.07) is 28.0. The van der Waals surface area contributed by atoms with Gasteiger partial charge in [0, 0.05) is 23.1 Å². The molecule has 3 aromatic rings. The zero-order valence-corrected chi connectivity index (χ0v) is 16.7. The van der Waals surface area contributed by atoms with E-state index < -0.39 is 0 Å². The van der Waals surface area contributed by atoms with Gasteiger partial charge in [-0.3, -0.25) is 0 Å². The number of hydrogen-bond donors (Lipinski definition) is 1. The SMILES string of the molecule is CCC[C@@H]1Nc2c(N=C(c3ccccc3)c3ccccc3)cccc2[C@@H]1CC. The molecule has 1 heterocycles. The van der Waals surface area contributed by atoms with E-state index in [9.17, 15) is 0 Å². The molecule has 1 aliphatic heterocycles. The maximum atomic E-state index is 5.19. The van der Waals surface area contributed by atoms with Crippen molar-refractivity contribution in [2.24, 2.45) is 4.99 Å². The van der Waals surface area contributed by atoms with E-state index in [1.54, 1.807) is 0 Å². The van der Waals surface area contributed by atoms with E-state index in [2.05, 4.69) is 98.0 Å². The molecule has 0 saturated heterocycles. The van der Waals surface area contributed by atoms with E-state index in [0.29, 0.717) is 12.0 Å². The Morgan fingerprint density at radius 2 is 1.46 bits per heavy atom. The fraction of sp³-hybridized carbons (Fsp3) is 0.269. The normalized spacial score (nSPS) is 17.6. The average Bonchev–Trinajstić information content (AvgIpc) is 3.11. The van der Waals surface area contributed by atoms with Crippen LogP contribution < -0.4 is 5.32 Å². The van der Waals surface area contributed by atoms with E-state index in [1.165, 1.54) is 24.1 Å². The van der Waals surface area contributed by atoms with Crippen LogP contribution in [0.4, 0.5) is 11.4 Å². The van der Waals surface area contributed by atoms with Gasteiger partial charge in [-0.2, -0.15) is 0 Å². The molecule has 0 aliphatic carbocycles. The topological polar surface area (TPSA) is 24.4 Å². The number of para-hydroxylation sites is 1. The molecular formula is C26H28N2. The van der Waals surface area contributed by atoms with E-state index >= 15 is 0 Å². The van der Waals surface area contributed by atoms with Crippen LogP contribution in [-0.2, 0) is 0 Å². The molecule has 0 bridgehead atoms. The summed E-state index contributed by atoms with van der Waals surface area (Å²) in [6.45, 7) is 4.55. The fourth-order valence-electron chi connectivity index (χ4n) is 4.32. The number of rotatable bonds is 6. The van der Waals surface area contributed by atoms with Crippen molar-refractivity contribution < 1.29 is 0 Å². The lowest BCUT2D eigenvalue weighted by molar-refractivity contribution is 0.536. The molecule has 2 nitrogen and oxygen atoms in total. The van der Waals surface area contributed by atoms with Crippen molar-refractivity contribution >= 4 is 17.1 Å². The van der Waals surface area contributed by atoms with Gasteiger partial charge in [0.15, 0.2) is 0 Å². The summed E-state index contributed by atoms with van der Waals surface area (Å²) in [5.41, 5.74) is 6.98. The van der Waals surface area contributed by atoms with Gasteiger partial charge in [0.1, 0.15) is 0 Å². The van der Waals surface area contributed by atoms with Crippen LogP contribution in [0.2, 0.25) is 0 Å². The second-order valence-corrected chi connectivity index (χ2v) is 7.49. The number of aliphatic imine (C=N–C) groups is 1. The molecule has 0 radical (unpaired) electrons. The highest BCUT2D eigenvalue weighted by atomic mass is 15.0. The van der Waals surface area contributed by atoms with Gasteiger partial charge in [-0.25, -0.2) is 4.99 Å². The number of hydrogen-bond acceptors (Lipinski definition) is 2. The van der Waals surface area contributed by atoms with Gasteiger partial charge in [-0.1, -0.05) is 93.1 Å². The average molecular weight is 369 g/mol. The maximum Gasteiger partial charge on any atom is 0.0871 e. The summed E-state index contributed by atoms with van der Waals surface area (Å²) in [5.74, 6) is 0.571. The highest BCUT2D eigenvalue weighted by Gasteiger charge is 2.31. The summed E-state index contributed by atoms with van der Waals surface area (Å²) in [6.07, 6.45) is 3.54. The lowest BCUT2D eigenvalue weighted by Crippen LogP contribution is -2.19. The minimum Gasteiger partial charge on any atom is -0.380 e. The van der Waals surface area contributed by atoms with E-state index in [0.717, 1.165) is 28.9 Å². The predicted molar refractivity (Wildman–Crippen MR) is 120 cm³/mol. The lowest BCUT2D eigenvalue weighted by Gasteiger charge is -2.17. The summed E-state index contributed by atoms with van der Waals surface area (Å²) in [5, 5.41) is 3.81. The Bertz CT molecular complexity index is 903. The maximum absolute atomic E-state index is 5.19.